The summed E-state index contributed by atoms with van der Waals surface area (Å²) >= 11 is 0. The highest BCUT2D eigenvalue weighted by molar-refractivity contribution is 5.75. The Balaban J connectivity index is 2.70. The molecule has 0 aliphatic carbocycles. The number of methoxy groups -OCH3 is 1. The normalized spacial score (nSPS) is 12.3. The van der Waals surface area contributed by atoms with Gasteiger partial charge in [0, 0.05) is 6.04 Å². The van der Waals surface area contributed by atoms with E-state index in [1.54, 1.807) is 0 Å². The van der Waals surface area contributed by atoms with Gasteiger partial charge in [0.1, 0.15) is 18.4 Å². The molecular formula is C15H23NO3. The number of hydrogen-bond donors (Lipinski definition) is 1. The quantitative estimate of drug-likeness (QED) is 0.801. The number of hydrogen-bond acceptors (Lipinski definition) is 4. The van der Waals surface area contributed by atoms with Crippen molar-refractivity contribution in [2.45, 2.75) is 39.8 Å². The third kappa shape index (κ3) is 4.91. The maximum absolute atomic E-state index is 11.7. The van der Waals surface area contributed by atoms with Crippen LogP contribution in [0.1, 0.15) is 25.0 Å². The molecule has 0 aromatic heterocycles. The predicted octanol–water partition coefficient (Wildman–Crippen LogP) is 2.22. The summed E-state index contributed by atoms with van der Waals surface area (Å²) in [7, 11) is 1.38. The van der Waals surface area contributed by atoms with E-state index in [-0.39, 0.29) is 18.6 Å². The molecule has 0 saturated heterocycles. The average Bonchev–Trinajstić information content (AvgIpc) is 2.36. The van der Waals surface area contributed by atoms with Gasteiger partial charge in [-0.3, -0.25) is 10.1 Å². The molecule has 0 radical (unpaired) electrons. The first-order chi connectivity index (χ1) is 8.93. The molecule has 1 atom stereocenters. The summed E-state index contributed by atoms with van der Waals surface area (Å²) in [5.41, 5.74) is 2.19. The van der Waals surface area contributed by atoms with Gasteiger partial charge in [-0.1, -0.05) is 26.0 Å². The minimum absolute atomic E-state index is 0.186. The lowest BCUT2D eigenvalue weighted by Gasteiger charge is -2.20. The molecule has 0 aliphatic rings. The number of ether oxygens (including phenoxy) is 2. The second kappa shape index (κ2) is 7.14. The Hall–Kier alpha value is -1.55. The van der Waals surface area contributed by atoms with Crippen LogP contribution in [0.4, 0.5) is 0 Å². The molecule has 4 heteroatoms. The molecule has 1 unspecified atom stereocenters. The van der Waals surface area contributed by atoms with Gasteiger partial charge in [-0.15, -0.1) is 0 Å². The lowest BCUT2D eigenvalue weighted by atomic mass is 10.1. The van der Waals surface area contributed by atoms with Crippen LogP contribution in [0.5, 0.6) is 5.75 Å². The maximum atomic E-state index is 11.7. The predicted molar refractivity (Wildman–Crippen MR) is 75.5 cm³/mol. The zero-order valence-corrected chi connectivity index (χ0v) is 12.3. The average molecular weight is 265 g/mol. The standard InChI is InChI=1S/C15H23NO3/c1-10(2)16-13(15(17)18-5)9-19-14-8-11(3)6-7-12(14)4/h6-8,10,13,16H,9H2,1-5H3. The first-order valence-electron chi connectivity index (χ1n) is 6.48. The second-order valence-electron chi connectivity index (χ2n) is 4.98. The number of nitrogens with one attached hydrogen (secondary N) is 1. The van der Waals surface area contributed by atoms with Gasteiger partial charge < -0.3 is 9.47 Å². The summed E-state index contributed by atoms with van der Waals surface area (Å²) in [5.74, 6) is 0.499. The molecule has 0 saturated carbocycles. The Morgan fingerprint density at radius 3 is 2.58 bits per heavy atom. The van der Waals surface area contributed by atoms with Gasteiger partial charge in [-0.05, 0) is 31.0 Å². The van der Waals surface area contributed by atoms with E-state index in [1.807, 2.05) is 45.9 Å². The van der Waals surface area contributed by atoms with Crippen molar-refractivity contribution in [2.24, 2.45) is 0 Å². The summed E-state index contributed by atoms with van der Waals surface area (Å²) in [5, 5.41) is 3.14. The van der Waals surface area contributed by atoms with E-state index in [1.165, 1.54) is 7.11 Å². The fraction of sp³-hybridized carbons (Fsp3) is 0.533. The van der Waals surface area contributed by atoms with Crippen LogP contribution in [-0.4, -0.2) is 31.8 Å². The molecular weight excluding hydrogens is 242 g/mol. The summed E-state index contributed by atoms with van der Waals surface area (Å²) in [6, 6.07) is 5.75. The minimum atomic E-state index is -0.454. The molecule has 0 fully saturated rings. The van der Waals surface area contributed by atoms with Crippen LogP contribution in [0.25, 0.3) is 0 Å². The van der Waals surface area contributed by atoms with Crippen molar-refractivity contribution in [3.8, 4) is 5.75 Å². The highest BCUT2D eigenvalue weighted by Gasteiger charge is 2.20. The van der Waals surface area contributed by atoms with Crippen molar-refractivity contribution in [3.63, 3.8) is 0 Å². The summed E-state index contributed by atoms with van der Waals surface area (Å²) < 4.78 is 10.5. The molecule has 19 heavy (non-hydrogen) atoms. The number of benzene rings is 1. The van der Waals surface area contributed by atoms with Crippen LogP contribution in [0.3, 0.4) is 0 Å². The fourth-order valence-corrected chi connectivity index (χ4v) is 1.76. The number of carbonyl (C=O) groups excluding carboxylic acids is 1. The Bertz CT molecular complexity index is 429. The van der Waals surface area contributed by atoms with E-state index in [0.717, 1.165) is 16.9 Å². The Morgan fingerprint density at radius 2 is 2.00 bits per heavy atom. The monoisotopic (exact) mass is 265 g/mol. The summed E-state index contributed by atoms with van der Waals surface area (Å²) in [4.78, 5) is 11.7. The largest absolute Gasteiger partial charge is 0.491 e. The first-order valence-corrected chi connectivity index (χ1v) is 6.48. The van der Waals surface area contributed by atoms with Crippen molar-refractivity contribution < 1.29 is 14.3 Å². The smallest absolute Gasteiger partial charge is 0.326 e. The van der Waals surface area contributed by atoms with E-state index in [4.69, 9.17) is 9.47 Å². The highest BCUT2D eigenvalue weighted by Crippen LogP contribution is 2.19. The fourth-order valence-electron chi connectivity index (χ4n) is 1.76. The van der Waals surface area contributed by atoms with Gasteiger partial charge in [0.25, 0.3) is 0 Å². The lowest BCUT2D eigenvalue weighted by Crippen LogP contribution is -2.45. The van der Waals surface area contributed by atoms with Gasteiger partial charge in [-0.25, -0.2) is 0 Å². The molecule has 1 rings (SSSR count). The van der Waals surface area contributed by atoms with Crippen LogP contribution < -0.4 is 10.1 Å². The van der Waals surface area contributed by atoms with E-state index < -0.39 is 6.04 Å². The molecule has 0 spiro atoms. The molecule has 0 aliphatic heterocycles. The van der Waals surface area contributed by atoms with Crippen molar-refractivity contribution in [2.75, 3.05) is 13.7 Å². The van der Waals surface area contributed by atoms with Crippen molar-refractivity contribution >= 4 is 5.97 Å². The van der Waals surface area contributed by atoms with Gasteiger partial charge in [-0.2, -0.15) is 0 Å². The molecule has 1 aromatic rings. The zero-order valence-electron chi connectivity index (χ0n) is 12.3. The van der Waals surface area contributed by atoms with E-state index in [0.29, 0.717) is 0 Å². The van der Waals surface area contributed by atoms with Crippen LogP contribution in [-0.2, 0) is 9.53 Å². The van der Waals surface area contributed by atoms with Crippen molar-refractivity contribution in [1.82, 2.24) is 5.32 Å². The van der Waals surface area contributed by atoms with Crippen LogP contribution in [0.2, 0.25) is 0 Å². The molecule has 0 amide bonds. The Kier molecular flexibility index (Phi) is 5.83. The van der Waals surface area contributed by atoms with Gasteiger partial charge in [0.05, 0.1) is 7.11 Å². The maximum Gasteiger partial charge on any atom is 0.326 e. The lowest BCUT2D eigenvalue weighted by molar-refractivity contribution is -0.144. The number of rotatable bonds is 6. The number of esters is 1. The second-order valence-corrected chi connectivity index (χ2v) is 4.98. The van der Waals surface area contributed by atoms with Crippen LogP contribution >= 0.6 is 0 Å². The van der Waals surface area contributed by atoms with Crippen molar-refractivity contribution in [1.29, 1.82) is 0 Å². The zero-order chi connectivity index (χ0) is 14.4. The summed E-state index contributed by atoms with van der Waals surface area (Å²) in [6.07, 6.45) is 0. The molecule has 0 heterocycles. The molecule has 106 valence electrons. The number of aryl methyl sites for hydroxylation is 2. The van der Waals surface area contributed by atoms with Gasteiger partial charge >= 0.3 is 5.97 Å². The minimum Gasteiger partial charge on any atom is -0.491 e. The highest BCUT2D eigenvalue weighted by atomic mass is 16.5. The Labute approximate surface area is 115 Å². The van der Waals surface area contributed by atoms with Crippen LogP contribution in [0, 0.1) is 13.8 Å². The Morgan fingerprint density at radius 1 is 1.32 bits per heavy atom. The summed E-state index contributed by atoms with van der Waals surface area (Å²) in [6.45, 7) is 8.21. The third-order valence-electron chi connectivity index (χ3n) is 2.77. The van der Waals surface area contributed by atoms with E-state index in [9.17, 15) is 4.79 Å². The van der Waals surface area contributed by atoms with E-state index in [2.05, 4.69) is 5.32 Å². The number of carbonyl (C=O) groups is 1. The first kappa shape index (κ1) is 15.5. The molecule has 1 N–H and O–H groups in total. The molecule has 0 bridgehead atoms. The third-order valence-corrected chi connectivity index (χ3v) is 2.77. The topological polar surface area (TPSA) is 47.6 Å². The van der Waals surface area contributed by atoms with E-state index >= 15 is 0 Å². The molecule has 1 aromatic carbocycles. The van der Waals surface area contributed by atoms with Gasteiger partial charge in [0.2, 0.25) is 0 Å². The SMILES string of the molecule is COC(=O)C(COc1cc(C)ccc1C)NC(C)C. The molecule has 4 nitrogen and oxygen atoms in total. The van der Waals surface area contributed by atoms with Crippen molar-refractivity contribution in [3.05, 3.63) is 29.3 Å². The van der Waals surface area contributed by atoms with Crippen LogP contribution in [0.15, 0.2) is 18.2 Å². The van der Waals surface area contributed by atoms with Gasteiger partial charge in [0.15, 0.2) is 0 Å².